The number of nitrogens with one attached hydrogen (secondary N) is 2. The highest BCUT2D eigenvalue weighted by Crippen LogP contribution is 2.32. The molecule has 0 aliphatic heterocycles. The Hall–Kier alpha value is 0.0500. The van der Waals surface area contributed by atoms with Gasteiger partial charge in [-0.1, -0.05) is 33.1 Å². The molecule has 2 N–H and O–H groups in total. The van der Waals surface area contributed by atoms with Gasteiger partial charge in [0.25, 0.3) is 0 Å². The molecule has 21 heavy (non-hydrogen) atoms. The quantitative estimate of drug-likeness (QED) is 0.630. The van der Waals surface area contributed by atoms with Crippen LogP contribution in [0, 0.1) is 0 Å². The summed E-state index contributed by atoms with van der Waals surface area (Å²) in [4.78, 5) is 1.36. The first-order valence-electron chi connectivity index (χ1n) is 7.39. The van der Waals surface area contributed by atoms with Crippen LogP contribution in [0.15, 0.2) is 14.7 Å². The van der Waals surface area contributed by atoms with Gasteiger partial charge in [0.15, 0.2) is 0 Å². The van der Waals surface area contributed by atoms with Crippen molar-refractivity contribution in [3.8, 4) is 0 Å². The van der Waals surface area contributed by atoms with Crippen LogP contribution in [-0.2, 0) is 16.6 Å². The van der Waals surface area contributed by atoms with Crippen molar-refractivity contribution in [3.05, 3.63) is 14.7 Å². The molecule has 0 fully saturated rings. The highest BCUT2D eigenvalue weighted by Gasteiger charge is 2.23. The van der Waals surface area contributed by atoms with Crippen LogP contribution in [0.1, 0.15) is 50.8 Å². The van der Waals surface area contributed by atoms with E-state index in [1.54, 1.807) is 6.07 Å². The summed E-state index contributed by atoms with van der Waals surface area (Å²) in [7, 11) is -1.61. The average Bonchev–Trinajstić information content (AvgIpc) is 2.78. The highest BCUT2D eigenvalue weighted by atomic mass is 79.9. The summed E-state index contributed by atoms with van der Waals surface area (Å²) >= 11 is 4.84. The lowest BCUT2D eigenvalue weighted by Gasteiger charge is -2.17. The van der Waals surface area contributed by atoms with Gasteiger partial charge in [0.2, 0.25) is 10.0 Å². The maximum Gasteiger partial charge on any atom is 0.242 e. The van der Waals surface area contributed by atoms with Gasteiger partial charge in [-0.05, 0) is 41.9 Å². The third-order valence-electron chi connectivity index (χ3n) is 3.21. The van der Waals surface area contributed by atoms with Gasteiger partial charge < -0.3 is 5.32 Å². The van der Waals surface area contributed by atoms with Crippen LogP contribution in [0.3, 0.4) is 0 Å². The lowest BCUT2D eigenvalue weighted by atomic mass is 10.1. The van der Waals surface area contributed by atoms with Crippen LogP contribution in [0.2, 0.25) is 0 Å². The van der Waals surface area contributed by atoms with Gasteiger partial charge in [-0.3, -0.25) is 0 Å². The molecule has 122 valence electrons. The van der Waals surface area contributed by atoms with E-state index in [9.17, 15) is 8.42 Å². The number of hydrogen-bond acceptors (Lipinski definition) is 4. The molecule has 1 rings (SSSR count). The van der Waals surface area contributed by atoms with Gasteiger partial charge in [-0.2, -0.15) is 0 Å². The molecule has 0 aliphatic carbocycles. The van der Waals surface area contributed by atoms with Crippen molar-refractivity contribution in [2.45, 2.75) is 63.4 Å². The molecule has 7 heteroatoms. The fraction of sp³-hybridized carbons (Fsp3) is 0.714. The lowest BCUT2D eigenvalue weighted by Crippen LogP contribution is -2.34. The van der Waals surface area contributed by atoms with E-state index >= 15 is 0 Å². The minimum Gasteiger partial charge on any atom is -0.315 e. The third-order valence-corrected chi connectivity index (χ3v) is 6.98. The Morgan fingerprint density at radius 3 is 2.57 bits per heavy atom. The molecular weight excluding hydrogens is 372 g/mol. The standard InChI is InChI=1S/C14H25BrN2O2S2/c1-4-6-8-11(7-5-2)17-21(18,19)13-9-12(10-16-3)20-14(13)15/h9,11,16-17H,4-8,10H2,1-3H3. The Morgan fingerprint density at radius 2 is 2.00 bits per heavy atom. The van der Waals surface area contributed by atoms with E-state index < -0.39 is 10.0 Å². The summed E-state index contributed by atoms with van der Waals surface area (Å²) in [5.41, 5.74) is 0. The van der Waals surface area contributed by atoms with Gasteiger partial charge in [0.05, 0.1) is 3.79 Å². The summed E-state index contributed by atoms with van der Waals surface area (Å²) in [5.74, 6) is 0. The second kappa shape index (κ2) is 9.25. The number of thiophene rings is 1. The monoisotopic (exact) mass is 396 g/mol. The normalized spacial score (nSPS) is 13.5. The molecule has 0 bridgehead atoms. The molecule has 0 spiro atoms. The molecule has 0 amide bonds. The van der Waals surface area contributed by atoms with Crippen LogP contribution in [-0.4, -0.2) is 21.5 Å². The van der Waals surface area contributed by atoms with Gasteiger partial charge in [0.1, 0.15) is 4.90 Å². The molecule has 0 aliphatic rings. The molecular formula is C14H25BrN2O2S2. The summed E-state index contributed by atoms with van der Waals surface area (Å²) < 4.78 is 28.7. The topological polar surface area (TPSA) is 58.2 Å². The van der Waals surface area contributed by atoms with Crippen molar-refractivity contribution in [1.29, 1.82) is 0 Å². The second-order valence-electron chi connectivity index (χ2n) is 5.13. The first-order chi connectivity index (χ1) is 9.94. The molecule has 0 aromatic carbocycles. The minimum absolute atomic E-state index is 0.0273. The van der Waals surface area contributed by atoms with E-state index in [1.807, 2.05) is 7.05 Å². The summed E-state index contributed by atoms with van der Waals surface area (Å²) in [6.45, 7) is 4.88. The van der Waals surface area contributed by atoms with Crippen molar-refractivity contribution in [3.63, 3.8) is 0 Å². The molecule has 0 saturated carbocycles. The molecule has 1 aromatic rings. The predicted molar refractivity (Wildman–Crippen MR) is 93.3 cm³/mol. The van der Waals surface area contributed by atoms with Crippen LogP contribution < -0.4 is 10.0 Å². The van der Waals surface area contributed by atoms with E-state index in [4.69, 9.17) is 0 Å². The Labute approximate surface area is 140 Å². The minimum atomic E-state index is -3.45. The van der Waals surface area contributed by atoms with E-state index in [1.165, 1.54) is 11.3 Å². The van der Waals surface area contributed by atoms with Crippen LogP contribution >= 0.6 is 27.3 Å². The second-order valence-corrected chi connectivity index (χ2v) is 9.27. The molecule has 1 unspecified atom stereocenters. The maximum absolute atomic E-state index is 12.6. The first-order valence-corrected chi connectivity index (χ1v) is 10.5. The van der Waals surface area contributed by atoms with E-state index in [2.05, 4.69) is 39.8 Å². The van der Waals surface area contributed by atoms with Crippen molar-refractivity contribution in [1.82, 2.24) is 10.0 Å². The smallest absolute Gasteiger partial charge is 0.242 e. The fourth-order valence-electron chi connectivity index (χ4n) is 2.19. The van der Waals surface area contributed by atoms with Gasteiger partial charge in [0, 0.05) is 17.5 Å². The molecule has 0 saturated heterocycles. The van der Waals surface area contributed by atoms with Crippen LogP contribution in [0.4, 0.5) is 0 Å². The van der Waals surface area contributed by atoms with Crippen molar-refractivity contribution < 1.29 is 8.42 Å². The number of rotatable bonds is 10. The maximum atomic E-state index is 12.6. The Balaban J connectivity index is 2.87. The SMILES string of the molecule is CCCCC(CCC)NS(=O)(=O)c1cc(CNC)sc1Br. The van der Waals surface area contributed by atoms with Crippen molar-refractivity contribution >= 4 is 37.3 Å². The van der Waals surface area contributed by atoms with Gasteiger partial charge in [-0.25, -0.2) is 13.1 Å². The number of halogens is 1. The van der Waals surface area contributed by atoms with Crippen LogP contribution in [0.5, 0.6) is 0 Å². The zero-order valence-electron chi connectivity index (χ0n) is 12.9. The first kappa shape index (κ1) is 19.1. The van der Waals surface area contributed by atoms with Crippen LogP contribution in [0.25, 0.3) is 0 Å². The average molecular weight is 397 g/mol. The van der Waals surface area contributed by atoms with E-state index in [-0.39, 0.29) is 6.04 Å². The predicted octanol–water partition coefficient (Wildman–Crippen LogP) is 3.87. The molecule has 4 nitrogen and oxygen atoms in total. The van der Waals surface area contributed by atoms with Gasteiger partial charge >= 0.3 is 0 Å². The van der Waals surface area contributed by atoms with E-state index in [0.717, 1.165) is 37.0 Å². The largest absolute Gasteiger partial charge is 0.315 e. The zero-order valence-corrected chi connectivity index (χ0v) is 16.1. The summed E-state index contributed by atoms with van der Waals surface area (Å²) in [5, 5.41) is 3.04. The summed E-state index contributed by atoms with van der Waals surface area (Å²) in [6, 6.07) is 1.77. The lowest BCUT2D eigenvalue weighted by molar-refractivity contribution is 0.483. The Morgan fingerprint density at radius 1 is 1.29 bits per heavy atom. The van der Waals surface area contributed by atoms with E-state index in [0.29, 0.717) is 15.2 Å². The fourth-order valence-corrected chi connectivity index (χ4v) is 6.19. The third kappa shape index (κ3) is 5.98. The molecule has 1 atom stereocenters. The van der Waals surface area contributed by atoms with Crippen molar-refractivity contribution in [2.24, 2.45) is 0 Å². The number of sulfonamides is 1. The molecule has 1 heterocycles. The number of hydrogen-bond donors (Lipinski definition) is 2. The van der Waals surface area contributed by atoms with Gasteiger partial charge in [-0.15, -0.1) is 11.3 Å². The summed E-state index contributed by atoms with van der Waals surface area (Å²) in [6.07, 6.45) is 4.88. The van der Waals surface area contributed by atoms with Crippen molar-refractivity contribution in [2.75, 3.05) is 7.05 Å². The molecule has 0 radical (unpaired) electrons. The highest BCUT2D eigenvalue weighted by molar-refractivity contribution is 9.11. The number of unbranched alkanes of at least 4 members (excludes halogenated alkanes) is 1. The zero-order chi connectivity index (χ0) is 15.9. The Bertz CT molecular complexity index is 529. The molecule has 1 aromatic heterocycles. The Kier molecular flexibility index (Phi) is 8.41.